The predicted molar refractivity (Wildman–Crippen MR) is 80.6 cm³/mol. The molecule has 2 N–H and O–H groups in total. The van der Waals surface area contributed by atoms with Crippen LogP contribution in [-0.4, -0.2) is 49.1 Å². The van der Waals surface area contributed by atoms with Crippen LogP contribution >= 0.6 is 0 Å². The first-order valence-corrected chi connectivity index (χ1v) is 8.51. The SMILES string of the molecule is CCC1(C(=O)NC2CCN3CCCCC23)CCNCC1. The summed E-state index contributed by atoms with van der Waals surface area (Å²) in [5, 5.41) is 6.81. The lowest BCUT2D eigenvalue weighted by Gasteiger charge is -2.38. The molecule has 0 saturated carbocycles. The summed E-state index contributed by atoms with van der Waals surface area (Å²) in [7, 11) is 0. The predicted octanol–water partition coefficient (Wildman–Crippen LogP) is 1.51. The standard InChI is InChI=1S/C16H29N3O/c1-2-16(7-9-17-10-8-16)15(20)18-13-6-12-19-11-4-3-5-14(13)19/h13-14,17H,2-12H2,1H3,(H,18,20). The van der Waals surface area contributed by atoms with E-state index >= 15 is 0 Å². The Hall–Kier alpha value is -0.610. The molecule has 0 aromatic heterocycles. The van der Waals surface area contributed by atoms with Gasteiger partial charge in [-0.25, -0.2) is 0 Å². The molecular weight excluding hydrogens is 250 g/mol. The second-order valence-electron chi connectivity index (χ2n) is 6.85. The molecule has 2 unspecified atom stereocenters. The molecule has 0 aliphatic carbocycles. The lowest BCUT2D eigenvalue weighted by atomic mass is 9.75. The summed E-state index contributed by atoms with van der Waals surface area (Å²) in [4.78, 5) is 15.4. The van der Waals surface area contributed by atoms with Crippen molar-refractivity contribution in [3.05, 3.63) is 0 Å². The van der Waals surface area contributed by atoms with Crippen LogP contribution in [0.1, 0.15) is 51.9 Å². The van der Waals surface area contributed by atoms with E-state index in [2.05, 4.69) is 22.5 Å². The summed E-state index contributed by atoms with van der Waals surface area (Å²) >= 11 is 0. The fourth-order valence-corrected chi connectivity index (χ4v) is 4.38. The summed E-state index contributed by atoms with van der Waals surface area (Å²) in [6, 6.07) is 1.02. The van der Waals surface area contributed by atoms with Crippen molar-refractivity contribution >= 4 is 5.91 Å². The van der Waals surface area contributed by atoms with Crippen LogP contribution in [-0.2, 0) is 4.79 Å². The minimum absolute atomic E-state index is 0.104. The molecule has 114 valence electrons. The third-order valence-corrected chi connectivity index (χ3v) is 5.89. The molecule has 4 nitrogen and oxygen atoms in total. The van der Waals surface area contributed by atoms with Crippen molar-refractivity contribution in [2.45, 2.75) is 64.0 Å². The van der Waals surface area contributed by atoms with Crippen molar-refractivity contribution in [1.82, 2.24) is 15.5 Å². The first kappa shape index (κ1) is 14.3. The fraction of sp³-hybridized carbons (Fsp3) is 0.938. The van der Waals surface area contributed by atoms with E-state index in [0.29, 0.717) is 18.0 Å². The van der Waals surface area contributed by atoms with Crippen LogP contribution in [0.25, 0.3) is 0 Å². The maximum Gasteiger partial charge on any atom is 0.226 e. The number of hydrogen-bond acceptors (Lipinski definition) is 3. The number of amides is 1. The topological polar surface area (TPSA) is 44.4 Å². The molecule has 0 aromatic carbocycles. The molecular formula is C16H29N3O. The number of fused-ring (bicyclic) bond motifs is 1. The Morgan fingerprint density at radius 2 is 2.05 bits per heavy atom. The zero-order valence-corrected chi connectivity index (χ0v) is 12.8. The average molecular weight is 279 g/mol. The summed E-state index contributed by atoms with van der Waals surface area (Å²) in [6.07, 6.45) is 8.05. The molecule has 1 amide bonds. The smallest absolute Gasteiger partial charge is 0.226 e. The monoisotopic (exact) mass is 279 g/mol. The Bertz CT molecular complexity index is 352. The normalized spacial score (nSPS) is 33.6. The number of piperidine rings is 2. The highest BCUT2D eigenvalue weighted by Gasteiger charge is 2.42. The Morgan fingerprint density at radius 1 is 1.25 bits per heavy atom. The van der Waals surface area contributed by atoms with Gasteiger partial charge in [-0.05, 0) is 58.2 Å². The van der Waals surface area contributed by atoms with E-state index < -0.39 is 0 Å². The number of carbonyl (C=O) groups excluding carboxylic acids is 1. The molecule has 3 aliphatic heterocycles. The van der Waals surface area contributed by atoms with Crippen molar-refractivity contribution in [2.75, 3.05) is 26.2 Å². The fourth-order valence-electron chi connectivity index (χ4n) is 4.38. The van der Waals surface area contributed by atoms with Gasteiger partial charge in [0.05, 0.1) is 5.41 Å². The van der Waals surface area contributed by atoms with Crippen LogP contribution in [0.3, 0.4) is 0 Å². The average Bonchev–Trinajstić information content (AvgIpc) is 2.91. The second kappa shape index (κ2) is 6.02. The molecule has 0 aromatic rings. The van der Waals surface area contributed by atoms with Crippen molar-refractivity contribution in [3.63, 3.8) is 0 Å². The van der Waals surface area contributed by atoms with Gasteiger partial charge >= 0.3 is 0 Å². The van der Waals surface area contributed by atoms with Crippen LogP contribution in [0.2, 0.25) is 0 Å². The van der Waals surface area contributed by atoms with Crippen LogP contribution < -0.4 is 10.6 Å². The third kappa shape index (κ3) is 2.60. The molecule has 3 fully saturated rings. The lowest BCUT2D eigenvalue weighted by molar-refractivity contribution is -0.133. The number of carbonyl (C=O) groups is 1. The zero-order valence-electron chi connectivity index (χ0n) is 12.8. The summed E-state index contributed by atoms with van der Waals surface area (Å²) < 4.78 is 0. The molecule has 20 heavy (non-hydrogen) atoms. The molecule has 2 atom stereocenters. The van der Waals surface area contributed by atoms with E-state index in [1.165, 1.54) is 32.4 Å². The molecule has 3 rings (SSSR count). The van der Waals surface area contributed by atoms with Gasteiger partial charge in [-0.2, -0.15) is 0 Å². The molecule has 3 aliphatic rings. The molecule has 0 bridgehead atoms. The Morgan fingerprint density at radius 3 is 2.80 bits per heavy atom. The van der Waals surface area contributed by atoms with Gasteiger partial charge in [0.25, 0.3) is 0 Å². The molecule has 0 radical (unpaired) electrons. The first-order valence-electron chi connectivity index (χ1n) is 8.51. The molecule has 0 spiro atoms. The summed E-state index contributed by atoms with van der Waals surface area (Å²) in [6.45, 7) is 6.56. The van der Waals surface area contributed by atoms with Gasteiger partial charge in [0.2, 0.25) is 5.91 Å². The van der Waals surface area contributed by atoms with Gasteiger partial charge in [-0.15, -0.1) is 0 Å². The van der Waals surface area contributed by atoms with Crippen molar-refractivity contribution in [3.8, 4) is 0 Å². The number of hydrogen-bond donors (Lipinski definition) is 2. The van der Waals surface area contributed by atoms with Gasteiger partial charge in [-0.3, -0.25) is 9.69 Å². The van der Waals surface area contributed by atoms with E-state index in [0.717, 1.165) is 38.8 Å². The Balaban J connectivity index is 1.63. The zero-order chi connectivity index (χ0) is 14.0. The highest BCUT2D eigenvalue weighted by molar-refractivity contribution is 5.83. The summed E-state index contributed by atoms with van der Waals surface area (Å²) in [5.41, 5.74) is -0.104. The van der Waals surface area contributed by atoms with E-state index in [-0.39, 0.29) is 5.41 Å². The van der Waals surface area contributed by atoms with Crippen LogP contribution in [0.5, 0.6) is 0 Å². The molecule has 3 saturated heterocycles. The third-order valence-electron chi connectivity index (χ3n) is 5.89. The quantitative estimate of drug-likeness (QED) is 0.823. The van der Waals surface area contributed by atoms with Crippen molar-refractivity contribution in [2.24, 2.45) is 5.41 Å². The largest absolute Gasteiger partial charge is 0.351 e. The van der Waals surface area contributed by atoms with Gasteiger partial charge in [0.1, 0.15) is 0 Å². The van der Waals surface area contributed by atoms with E-state index in [1.54, 1.807) is 0 Å². The van der Waals surface area contributed by atoms with Gasteiger partial charge < -0.3 is 10.6 Å². The lowest BCUT2D eigenvalue weighted by Crippen LogP contribution is -2.53. The van der Waals surface area contributed by atoms with E-state index in [1.807, 2.05) is 0 Å². The van der Waals surface area contributed by atoms with E-state index in [9.17, 15) is 4.79 Å². The Labute approximate surface area is 122 Å². The van der Waals surface area contributed by atoms with Gasteiger partial charge in [-0.1, -0.05) is 13.3 Å². The minimum atomic E-state index is -0.104. The van der Waals surface area contributed by atoms with Crippen molar-refractivity contribution in [1.29, 1.82) is 0 Å². The molecule has 4 heteroatoms. The van der Waals surface area contributed by atoms with Crippen LogP contribution in [0.4, 0.5) is 0 Å². The summed E-state index contributed by atoms with van der Waals surface area (Å²) in [5.74, 6) is 0.332. The minimum Gasteiger partial charge on any atom is -0.351 e. The number of nitrogens with one attached hydrogen (secondary N) is 2. The number of rotatable bonds is 3. The second-order valence-corrected chi connectivity index (χ2v) is 6.85. The Kier molecular flexibility index (Phi) is 4.32. The first-order chi connectivity index (χ1) is 9.75. The van der Waals surface area contributed by atoms with Crippen LogP contribution in [0.15, 0.2) is 0 Å². The van der Waals surface area contributed by atoms with Crippen LogP contribution in [0, 0.1) is 5.41 Å². The molecule has 3 heterocycles. The highest BCUT2D eigenvalue weighted by Crippen LogP contribution is 2.34. The van der Waals surface area contributed by atoms with Gasteiger partial charge in [0, 0.05) is 18.6 Å². The van der Waals surface area contributed by atoms with E-state index in [4.69, 9.17) is 0 Å². The van der Waals surface area contributed by atoms with Crippen molar-refractivity contribution < 1.29 is 4.79 Å². The highest BCUT2D eigenvalue weighted by atomic mass is 16.2. The maximum atomic E-state index is 12.8. The maximum absolute atomic E-state index is 12.8. The number of nitrogens with zero attached hydrogens (tertiary/aromatic N) is 1. The van der Waals surface area contributed by atoms with Gasteiger partial charge in [0.15, 0.2) is 0 Å².